The molecule has 23 heavy (non-hydrogen) atoms. The Kier molecular flexibility index (Phi) is 13.0. The molecule has 0 bridgehead atoms. The van der Waals surface area contributed by atoms with E-state index in [-0.39, 0.29) is 0 Å². The summed E-state index contributed by atoms with van der Waals surface area (Å²) in [6.45, 7) is 4.92. The van der Waals surface area contributed by atoms with E-state index in [0.29, 0.717) is 6.61 Å². The van der Waals surface area contributed by atoms with Gasteiger partial charge in [0.1, 0.15) is 12.4 Å². The van der Waals surface area contributed by atoms with Gasteiger partial charge in [-0.15, -0.1) is 0 Å². The molecule has 0 amide bonds. The smallest absolute Gasteiger partial charge is 0.243 e. The first kappa shape index (κ1) is 20.2. The second kappa shape index (κ2) is 14.7. The molecule has 0 radical (unpaired) electrons. The van der Waals surface area contributed by atoms with Crippen LogP contribution in [0.15, 0.2) is 18.7 Å². The molecule has 1 aromatic rings. The lowest BCUT2D eigenvalue weighted by atomic mass is 10.1. The highest BCUT2D eigenvalue weighted by molar-refractivity contribution is 4.66. The molecule has 1 N–H and O–H groups in total. The van der Waals surface area contributed by atoms with Crippen molar-refractivity contribution >= 4 is 0 Å². The van der Waals surface area contributed by atoms with Crippen LogP contribution in [-0.2, 0) is 13.1 Å². The van der Waals surface area contributed by atoms with Crippen LogP contribution in [0.4, 0.5) is 0 Å². The third-order valence-electron chi connectivity index (χ3n) is 4.59. The summed E-state index contributed by atoms with van der Waals surface area (Å²) in [5.41, 5.74) is 0. The zero-order valence-corrected chi connectivity index (χ0v) is 15.4. The third kappa shape index (κ3) is 11.4. The Balaban J connectivity index is 1.96. The third-order valence-corrected chi connectivity index (χ3v) is 4.59. The summed E-state index contributed by atoms with van der Waals surface area (Å²) in [6, 6.07) is 0. The van der Waals surface area contributed by atoms with Gasteiger partial charge in [-0.05, 0) is 32.1 Å². The van der Waals surface area contributed by atoms with E-state index in [0.717, 1.165) is 13.0 Å². The molecule has 0 atom stereocenters. The summed E-state index contributed by atoms with van der Waals surface area (Å²) in [5, 5.41) is 8.75. The number of hydrogen-bond acceptors (Lipinski definition) is 1. The largest absolute Gasteiger partial charge is 0.396 e. The van der Waals surface area contributed by atoms with Gasteiger partial charge >= 0.3 is 0 Å². The maximum Gasteiger partial charge on any atom is 0.243 e. The van der Waals surface area contributed by atoms with Crippen molar-refractivity contribution in [3.8, 4) is 0 Å². The van der Waals surface area contributed by atoms with E-state index in [4.69, 9.17) is 5.11 Å². The molecule has 0 aliphatic heterocycles. The minimum Gasteiger partial charge on any atom is -0.396 e. The van der Waals surface area contributed by atoms with Crippen LogP contribution in [0, 0.1) is 0 Å². The first-order chi connectivity index (χ1) is 11.4. The van der Waals surface area contributed by atoms with Crippen LogP contribution >= 0.6 is 0 Å². The maximum absolute atomic E-state index is 8.75. The molecule has 1 rings (SSSR count). The minimum absolute atomic E-state index is 0.344. The van der Waals surface area contributed by atoms with Crippen molar-refractivity contribution < 1.29 is 9.67 Å². The second-order valence-electron chi connectivity index (χ2n) is 6.86. The van der Waals surface area contributed by atoms with Crippen molar-refractivity contribution in [3.05, 3.63) is 18.7 Å². The maximum atomic E-state index is 8.75. The monoisotopic (exact) mass is 323 g/mol. The molecule has 0 fully saturated rings. The molecule has 1 heterocycles. The van der Waals surface area contributed by atoms with Crippen molar-refractivity contribution in [2.24, 2.45) is 0 Å². The summed E-state index contributed by atoms with van der Waals surface area (Å²) in [5.74, 6) is 0. The number of aryl methyl sites for hydroxylation is 2. The van der Waals surface area contributed by atoms with Gasteiger partial charge in [0.2, 0.25) is 6.33 Å². The molecular formula is C20H39N2O+. The molecule has 0 spiro atoms. The highest BCUT2D eigenvalue weighted by atomic mass is 16.2. The number of nitrogens with zero attached hydrogens (tertiary/aromatic N) is 2. The lowest BCUT2D eigenvalue weighted by molar-refractivity contribution is -0.696. The van der Waals surface area contributed by atoms with Gasteiger partial charge in [-0.3, -0.25) is 0 Å². The lowest BCUT2D eigenvalue weighted by Crippen LogP contribution is -2.30. The normalized spacial score (nSPS) is 11.2. The molecule has 3 heteroatoms. The number of aliphatic hydroxyl groups is 1. The summed E-state index contributed by atoms with van der Waals surface area (Å²) in [7, 11) is 0. The Labute approximate surface area is 143 Å². The fraction of sp³-hybridized carbons (Fsp3) is 0.850. The molecule has 0 aliphatic carbocycles. The predicted octanol–water partition coefficient (Wildman–Crippen LogP) is 4.86. The van der Waals surface area contributed by atoms with Gasteiger partial charge in [0, 0.05) is 6.61 Å². The van der Waals surface area contributed by atoms with Crippen LogP contribution in [0.25, 0.3) is 0 Å². The van der Waals surface area contributed by atoms with Crippen LogP contribution in [0.5, 0.6) is 0 Å². The fourth-order valence-corrected chi connectivity index (χ4v) is 3.07. The number of aliphatic hydroxyl groups excluding tert-OH is 1. The first-order valence-corrected chi connectivity index (χ1v) is 10.0. The Bertz CT molecular complexity index is 362. The van der Waals surface area contributed by atoms with Gasteiger partial charge in [-0.1, -0.05) is 58.3 Å². The van der Waals surface area contributed by atoms with Crippen LogP contribution in [0.3, 0.4) is 0 Å². The molecule has 0 saturated carbocycles. The Morgan fingerprint density at radius 1 is 0.783 bits per heavy atom. The average molecular weight is 324 g/mol. The predicted molar refractivity (Wildman–Crippen MR) is 97.4 cm³/mol. The van der Waals surface area contributed by atoms with Gasteiger partial charge in [0.25, 0.3) is 0 Å². The van der Waals surface area contributed by atoms with E-state index in [1.807, 2.05) is 0 Å². The highest BCUT2D eigenvalue weighted by Crippen LogP contribution is 2.09. The van der Waals surface area contributed by atoms with E-state index in [2.05, 4.69) is 34.8 Å². The molecule has 1 aromatic heterocycles. The lowest BCUT2D eigenvalue weighted by Gasteiger charge is -2.00. The number of aromatic nitrogens is 2. The first-order valence-electron chi connectivity index (χ1n) is 10.0. The van der Waals surface area contributed by atoms with Crippen LogP contribution in [0.1, 0.15) is 90.4 Å². The standard InChI is InChI=1S/C20H39N2O/c1-2-3-4-5-6-7-9-12-15-21-17-18-22(20-21)16-13-10-8-11-14-19-23/h17-18,20,23H,2-16,19H2,1H3/q+1. The molecule has 134 valence electrons. The highest BCUT2D eigenvalue weighted by Gasteiger charge is 2.03. The average Bonchev–Trinajstić information content (AvgIpc) is 3.01. The van der Waals surface area contributed by atoms with Crippen molar-refractivity contribution in [3.63, 3.8) is 0 Å². The van der Waals surface area contributed by atoms with Crippen molar-refractivity contribution in [2.75, 3.05) is 6.61 Å². The SMILES string of the molecule is CCCCCCCCCCn1cc[n+](CCCCCCCO)c1. The van der Waals surface area contributed by atoms with Crippen LogP contribution < -0.4 is 4.57 Å². The van der Waals surface area contributed by atoms with Gasteiger partial charge in [0.15, 0.2) is 0 Å². The molecule has 0 saturated heterocycles. The van der Waals surface area contributed by atoms with Crippen molar-refractivity contribution in [1.82, 2.24) is 4.57 Å². The topological polar surface area (TPSA) is 29.0 Å². The van der Waals surface area contributed by atoms with Gasteiger partial charge in [-0.25, -0.2) is 9.13 Å². The summed E-state index contributed by atoms with van der Waals surface area (Å²) < 4.78 is 4.65. The zero-order valence-electron chi connectivity index (χ0n) is 15.4. The van der Waals surface area contributed by atoms with Gasteiger partial charge in [-0.2, -0.15) is 0 Å². The molecular weight excluding hydrogens is 284 g/mol. The minimum atomic E-state index is 0.344. The zero-order chi connectivity index (χ0) is 16.6. The molecule has 3 nitrogen and oxygen atoms in total. The summed E-state index contributed by atoms with van der Waals surface area (Å²) >= 11 is 0. The van der Waals surface area contributed by atoms with Gasteiger partial charge in [0.05, 0.1) is 13.1 Å². The molecule has 0 aliphatic rings. The Hall–Kier alpha value is -0.830. The van der Waals surface area contributed by atoms with E-state index in [1.54, 1.807) is 0 Å². The van der Waals surface area contributed by atoms with Crippen LogP contribution in [0.2, 0.25) is 0 Å². The molecule has 0 unspecified atom stereocenters. The molecule has 0 aromatic carbocycles. The fourth-order valence-electron chi connectivity index (χ4n) is 3.07. The van der Waals surface area contributed by atoms with E-state index in [1.165, 1.54) is 83.6 Å². The van der Waals surface area contributed by atoms with Gasteiger partial charge < -0.3 is 5.11 Å². The number of unbranched alkanes of at least 4 members (excludes halogenated alkanes) is 11. The number of rotatable bonds is 16. The second-order valence-corrected chi connectivity index (χ2v) is 6.86. The van der Waals surface area contributed by atoms with Crippen molar-refractivity contribution in [2.45, 2.75) is 103 Å². The summed E-state index contributed by atoms with van der Waals surface area (Å²) in [4.78, 5) is 0. The Morgan fingerprint density at radius 2 is 1.39 bits per heavy atom. The van der Waals surface area contributed by atoms with Crippen molar-refractivity contribution in [1.29, 1.82) is 0 Å². The van der Waals surface area contributed by atoms with Crippen LogP contribution in [-0.4, -0.2) is 16.3 Å². The summed E-state index contributed by atoms with van der Waals surface area (Å²) in [6.07, 6.45) is 23.7. The number of imidazole rings is 1. The Morgan fingerprint density at radius 3 is 2.09 bits per heavy atom. The quantitative estimate of drug-likeness (QED) is 0.342. The van der Waals surface area contributed by atoms with E-state index < -0.39 is 0 Å². The number of hydrogen-bond donors (Lipinski definition) is 1. The van der Waals surface area contributed by atoms with E-state index in [9.17, 15) is 0 Å². The van der Waals surface area contributed by atoms with E-state index >= 15 is 0 Å².